The molecule has 0 spiro atoms. The highest BCUT2D eigenvalue weighted by Crippen LogP contribution is 2.40. The SMILES string of the molecule is CC(=O)Nc1cc(-c2c(Nc3ccccc3)c3c(n2C(=O)c2ccccn2)CNCC3=O)ccn1. The second-order valence-corrected chi connectivity index (χ2v) is 8.03. The van der Waals surface area contributed by atoms with Gasteiger partial charge in [-0.05, 0) is 36.4 Å². The summed E-state index contributed by atoms with van der Waals surface area (Å²) in [5, 5.41) is 9.14. The minimum absolute atomic E-state index is 0.130. The molecule has 3 aromatic heterocycles. The fourth-order valence-corrected chi connectivity index (χ4v) is 4.19. The molecule has 0 radical (unpaired) electrons. The molecule has 4 aromatic rings. The Hall–Kier alpha value is -4.63. The van der Waals surface area contributed by atoms with Crippen LogP contribution in [0.1, 0.15) is 33.5 Å². The summed E-state index contributed by atoms with van der Waals surface area (Å²) in [5.41, 5.74) is 3.61. The van der Waals surface area contributed by atoms with Crippen molar-refractivity contribution in [2.75, 3.05) is 17.2 Å². The van der Waals surface area contributed by atoms with E-state index in [-0.39, 0.29) is 29.8 Å². The van der Waals surface area contributed by atoms with Crippen molar-refractivity contribution in [1.29, 1.82) is 0 Å². The van der Waals surface area contributed by atoms with Crippen LogP contribution < -0.4 is 16.0 Å². The van der Waals surface area contributed by atoms with Crippen LogP contribution in [0.5, 0.6) is 0 Å². The summed E-state index contributed by atoms with van der Waals surface area (Å²) in [5.74, 6) is -0.431. The number of aromatic nitrogens is 3. The zero-order valence-corrected chi connectivity index (χ0v) is 18.9. The molecular formula is C26H22N6O3. The molecule has 35 heavy (non-hydrogen) atoms. The van der Waals surface area contributed by atoms with E-state index in [0.717, 1.165) is 5.69 Å². The number of carbonyl (C=O) groups is 3. The summed E-state index contributed by atoms with van der Waals surface area (Å²) < 4.78 is 1.53. The number of hydrogen-bond donors (Lipinski definition) is 3. The lowest BCUT2D eigenvalue weighted by atomic mass is 10.0. The van der Waals surface area contributed by atoms with Crippen LogP contribution in [0.15, 0.2) is 73.1 Å². The highest BCUT2D eigenvalue weighted by molar-refractivity contribution is 6.12. The molecule has 9 nitrogen and oxygen atoms in total. The molecule has 0 saturated heterocycles. The molecule has 9 heteroatoms. The Labute approximate surface area is 201 Å². The highest BCUT2D eigenvalue weighted by atomic mass is 16.2. The number of pyridine rings is 2. The Morgan fingerprint density at radius 2 is 1.77 bits per heavy atom. The third-order valence-electron chi connectivity index (χ3n) is 5.59. The van der Waals surface area contributed by atoms with Crippen LogP contribution in [0.2, 0.25) is 0 Å². The molecular weight excluding hydrogens is 444 g/mol. The first kappa shape index (κ1) is 22.2. The lowest BCUT2D eigenvalue weighted by Gasteiger charge is -2.16. The maximum atomic E-state index is 13.8. The van der Waals surface area contributed by atoms with Crippen LogP contribution in [0.3, 0.4) is 0 Å². The molecule has 1 aliphatic heterocycles. The fraction of sp³-hybridized carbons (Fsp3) is 0.115. The van der Waals surface area contributed by atoms with Crippen molar-refractivity contribution >= 4 is 34.8 Å². The molecule has 1 aromatic carbocycles. The van der Waals surface area contributed by atoms with E-state index in [1.165, 1.54) is 11.5 Å². The number of ketones is 1. The predicted octanol–water partition coefficient (Wildman–Crippen LogP) is 3.62. The van der Waals surface area contributed by atoms with E-state index in [0.29, 0.717) is 40.6 Å². The Morgan fingerprint density at radius 3 is 2.51 bits per heavy atom. The van der Waals surface area contributed by atoms with E-state index in [4.69, 9.17) is 0 Å². The van der Waals surface area contributed by atoms with Gasteiger partial charge in [0.05, 0.1) is 29.2 Å². The molecule has 1 aliphatic rings. The average Bonchev–Trinajstić information content (AvgIpc) is 3.19. The van der Waals surface area contributed by atoms with E-state index >= 15 is 0 Å². The monoisotopic (exact) mass is 466 g/mol. The number of para-hydroxylation sites is 1. The second kappa shape index (κ2) is 9.32. The fourth-order valence-electron chi connectivity index (χ4n) is 4.19. The minimum atomic E-state index is -0.368. The largest absolute Gasteiger partial charge is 0.353 e. The zero-order valence-electron chi connectivity index (χ0n) is 18.9. The minimum Gasteiger partial charge on any atom is -0.353 e. The van der Waals surface area contributed by atoms with Gasteiger partial charge in [0.2, 0.25) is 5.91 Å². The van der Waals surface area contributed by atoms with Gasteiger partial charge in [-0.3, -0.25) is 23.9 Å². The molecule has 0 aliphatic carbocycles. The zero-order chi connectivity index (χ0) is 24.4. The molecule has 0 atom stereocenters. The number of Topliss-reactive ketones (excluding diaryl/α,β-unsaturated/α-hetero) is 1. The molecule has 4 heterocycles. The van der Waals surface area contributed by atoms with Crippen LogP contribution in [0, 0.1) is 0 Å². The number of nitrogens with zero attached hydrogens (tertiary/aromatic N) is 3. The Bertz CT molecular complexity index is 1430. The number of amides is 1. The van der Waals surface area contributed by atoms with E-state index in [1.807, 2.05) is 30.3 Å². The lowest BCUT2D eigenvalue weighted by Crippen LogP contribution is -2.32. The molecule has 5 rings (SSSR count). The number of carbonyl (C=O) groups excluding carboxylic acids is 3. The van der Waals surface area contributed by atoms with Crippen molar-refractivity contribution in [3.05, 3.63) is 90.0 Å². The average molecular weight is 467 g/mol. The quantitative estimate of drug-likeness (QED) is 0.411. The molecule has 1 amide bonds. The molecule has 3 N–H and O–H groups in total. The Morgan fingerprint density at radius 1 is 0.971 bits per heavy atom. The first-order chi connectivity index (χ1) is 17.0. The summed E-state index contributed by atoms with van der Waals surface area (Å²) in [6.45, 7) is 1.88. The van der Waals surface area contributed by atoms with Crippen LogP contribution in [0.4, 0.5) is 17.2 Å². The van der Waals surface area contributed by atoms with Crippen molar-refractivity contribution in [2.45, 2.75) is 13.5 Å². The molecule has 174 valence electrons. The van der Waals surface area contributed by atoms with Gasteiger partial charge in [-0.1, -0.05) is 24.3 Å². The number of anilines is 3. The smallest absolute Gasteiger partial charge is 0.281 e. The van der Waals surface area contributed by atoms with Crippen LogP contribution in [-0.2, 0) is 11.3 Å². The van der Waals surface area contributed by atoms with Gasteiger partial charge in [-0.25, -0.2) is 4.98 Å². The van der Waals surface area contributed by atoms with Crippen molar-refractivity contribution < 1.29 is 14.4 Å². The van der Waals surface area contributed by atoms with E-state index < -0.39 is 0 Å². The van der Waals surface area contributed by atoms with Gasteiger partial charge in [0.15, 0.2) is 5.78 Å². The van der Waals surface area contributed by atoms with Gasteiger partial charge in [0.1, 0.15) is 11.5 Å². The highest BCUT2D eigenvalue weighted by Gasteiger charge is 2.33. The molecule has 0 bridgehead atoms. The van der Waals surface area contributed by atoms with E-state index in [1.54, 1.807) is 42.7 Å². The summed E-state index contributed by atoms with van der Waals surface area (Å²) in [6.07, 6.45) is 3.10. The number of fused-ring (bicyclic) bond motifs is 1. The van der Waals surface area contributed by atoms with Gasteiger partial charge in [-0.15, -0.1) is 0 Å². The molecule has 0 saturated carbocycles. The van der Waals surface area contributed by atoms with Crippen molar-refractivity contribution in [3.8, 4) is 11.3 Å². The maximum Gasteiger partial charge on any atom is 0.281 e. The molecule has 0 fully saturated rings. The number of hydrogen-bond acceptors (Lipinski definition) is 7. The standard InChI is InChI=1S/C26H22N6O3/c1-16(33)30-22-13-17(10-12-29-22)25-24(31-18-7-3-2-4-8-18)23-20(14-27-15-21(23)34)32(25)26(35)19-9-5-6-11-28-19/h2-13,27,31H,14-15H2,1H3,(H,29,30,33). The number of benzene rings is 1. The third-order valence-corrected chi connectivity index (χ3v) is 5.59. The Balaban J connectivity index is 1.79. The Kier molecular flexibility index (Phi) is 5.90. The van der Waals surface area contributed by atoms with Crippen LogP contribution in [0.25, 0.3) is 11.3 Å². The van der Waals surface area contributed by atoms with E-state index in [9.17, 15) is 14.4 Å². The first-order valence-corrected chi connectivity index (χ1v) is 11.1. The predicted molar refractivity (Wildman–Crippen MR) is 132 cm³/mol. The first-order valence-electron chi connectivity index (χ1n) is 11.1. The third kappa shape index (κ3) is 4.32. The number of nitrogens with one attached hydrogen (secondary N) is 3. The number of rotatable bonds is 5. The summed E-state index contributed by atoms with van der Waals surface area (Å²) >= 11 is 0. The van der Waals surface area contributed by atoms with E-state index in [2.05, 4.69) is 25.9 Å². The topological polar surface area (TPSA) is 118 Å². The van der Waals surface area contributed by atoms with Crippen molar-refractivity contribution in [3.63, 3.8) is 0 Å². The molecule has 0 unspecified atom stereocenters. The second-order valence-electron chi connectivity index (χ2n) is 8.03. The van der Waals surface area contributed by atoms with Gasteiger partial charge in [-0.2, -0.15) is 0 Å². The maximum absolute atomic E-state index is 13.8. The normalized spacial score (nSPS) is 12.7. The van der Waals surface area contributed by atoms with Gasteiger partial charge in [0.25, 0.3) is 5.91 Å². The van der Waals surface area contributed by atoms with Gasteiger partial charge >= 0.3 is 0 Å². The van der Waals surface area contributed by atoms with Crippen LogP contribution >= 0.6 is 0 Å². The van der Waals surface area contributed by atoms with Crippen molar-refractivity contribution in [2.24, 2.45) is 0 Å². The summed E-state index contributed by atoms with van der Waals surface area (Å²) in [7, 11) is 0. The van der Waals surface area contributed by atoms with Gasteiger partial charge < -0.3 is 16.0 Å². The summed E-state index contributed by atoms with van der Waals surface area (Å²) in [4.78, 5) is 47.0. The van der Waals surface area contributed by atoms with Crippen molar-refractivity contribution in [1.82, 2.24) is 19.9 Å². The lowest BCUT2D eigenvalue weighted by molar-refractivity contribution is -0.114. The summed E-state index contributed by atoms with van der Waals surface area (Å²) in [6, 6.07) is 18.0. The van der Waals surface area contributed by atoms with Gasteiger partial charge in [0, 0.05) is 37.1 Å². The van der Waals surface area contributed by atoms with Crippen LogP contribution in [-0.4, -0.2) is 38.7 Å².